The second kappa shape index (κ2) is 4.23. The van der Waals surface area contributed by atoms with Gasteiger partial charge in [-0.3, -0.25) is 0 Å². The van der Waals surface area contributed by atoms with E-state index in [0.717, 1.165) is 16.5 Å². The van der Waals surface area contributed by atoms with Crippen LogP contribution < -0.4 is 10.6 Å². The average molecular weight is 214 g/mol. The zero-order valence-corrected chi connectivity index (χ0v) is 9.37. The van der Waals surface area contributed by atoms with Gasteiger partial charge < -0.3 is 10.6 Å². The summed E-state index contributed by atoms with van der Waals surface area (Å²) < 4.78 is 0. The minimum Gasteiger partial charge on any atom is -0.341 e. The van der Waals surface area contributed by atoms with Crippen molar-refractivity contribution in [2.75, 3.05) is 12.4 Å². The minimum absolute atomic E-state index is 0.201. The third kappa shape index (κ3) is 1.98. The van der Waals surface area contributed by atoms with Crippen LogP contribution in [-0.2, 0) is 0 Å². The van der Waals surface area contributed by atoms with Gasteiger partial charge >= 0.3 is 6.03 Å². The van der Waals surface area contributed by atoms with Gasteiger partial charge in [0, 0.05) is 12.4 Å². The molecule has 16 heavy (non-hydrogen) atoms. The maximum atomic E-state index is 11.3. The molecule has 2 N–H and O–H groups in total. The summed E-state index contributed by atoms with van der Waals surface area (Å²) in [4.78, 5) is 11.3. The number of anilines is 1. The number of benzene rings is 2. The fourth-order valence-electron chi connectivity index (χ4n) is 1.70. The summed E-state index contributed by atoms with van der Waals surface area (Å²) >= 11 is 0. The Labute approximate surface area is 94.5 Å². The maximum Gasteiger partial charge on any atom is 0.318 e. The monoisotopic (exact) mass is 214 g/mol. The van der Waals surface area contributed by atoms with Gasteiger partial charge in [-0.1, -0.05) is 35.9 Å². The van der Waals surface area contributed by atoms with Crippen molar-refractivity contribution < 1.29 is 4.79 Å². The topological polar surface area (TPSA) is 41.1 Å². The molecule has 2 aromatic carbocycles. The Morgan fingerprint density at radius 2 is 2.00 bits per heavy atom. The maximum absolute atomic E-state index is 11.3. The molecule has 2 aromatic rings. The number of hydrogen-bond donors (Lipinski definition) is 2. The van der Waals surface area contributed by atoms with Crippen LogP contribution in [0.15, 0.2) is 36.4 Å². The molecule has 0 aromatic heterocycles. The molecule has 0 aliphatic heterocycles. The van der Waals surface area contributed by atoms with Gasteiger partial charge in [0.25, 0.3) is 0 Å². The number of hydrogen-bond acceptors (Lipinski definition) is 1. The molecule has 0 radical (unpaired) electrons. The molecule has 3 nitrogen and oxygen atoms in total. The first-order chi connectivity index (χ1) is 7.70. The molecule has 0 heterocycles. The van der Waals surface area contributed by atoms with Gasteiger partial charge in [-0.2, -0.15) is 0 Å². The molecule has 0 unspecified atom stereocenters. The summed E-state index contributed by atoms with van der Waals surface area (Å²) in [5, 5.41) is 7.53. The zero-order chi connectivity index (χ0) is 11.5. The lowest BCUT2D eigenvalue weighted by Gasteiger charge is -2.08. The van der Waals surface area contributed by atoms with E-state index in [1.54, 1.807) is 7.05 Å². The molecule has 3 heteroatoms. The Balaban J connectivity index is 2.49. The number of urea groups is 1. The van der Waals surface area contributed by atoms with Gasteiger partial charge in [0.2, 0.25) is 0 Å². The van der Waals surface area contributed by atoms with Crippen LogP contribution in [0.5, 0.6) is 0 Å². The first kappa shape index (κ1) is 10.5. The van der Waals surface area contributed by atoms with E-state index in [1.165, 1.54) is 5.56 Å². The second-order valence-electron chi connectivity index (χ2n) is 3.73. The van der Waals surface area contributed by atoms with E-state index in [9.17, 15) is 4.79 Å². The first-order valence-electron chi connectivity index (χ1n) is 5.19. The van der Waals surface area contributed by atoms with E-state index >= 15 is 0 Å². The average Bonchev–Trinajstić information content (AvgIpc) is 2.28. The largest absolute Gasteiger partial charge is 0.341 e. The van der Waals surface area contributed by atoms with Crippen molar-refractivity contribution in [3.05, 3.63) is 42.0 Å². The van der Waals surface area contributed by atoms with Crippen molar-refractivity contribution in [1.29, 1.82) is 0 Å². The van der Waals surface area contributed by atoms with Crippen LogP contribution in [0.1, 0.15) is 5.56 Å². The molecule has 2 amide bonds. The van der Waals surface area contributed by atoms with Crippen molar-refractivity contribution in [3.63, 3.8) is 0 Å². The molecule has 0 bridgehead atoms. The van der Waals surface area contributed by atoms with Gasteiger partial charge in [0.05, 0.1) is 5.69 Å². The van der Waals surface area contributed by atoms with Crippen LogP contribution in [0.25, 0.3) is 10.8 Å². The summed E-state index contributed by atoms with van der Waals surface area (Å²) in [5.74, 6) is 0. The van der Waals surface area contributed by atoms with Crippen LogP contribution in [0.4, 0.5) is 10.5 Å². The number of fused-ring (bicyclic) bond motifs is 1. The number of aryl methyl sites for hydroxylation is 1. The third-order valence-corrected chi connectivity index (χ3v) is 2.51. The molecular formula is C13H14N2O. The zero-order valence-electron chi connectivity index (χ0n) is 9.37. The predicted octanol–water partition coefficient (Wildman–Crippen LogP) is 2.90. The van der Waals surface area contributed by atoms with Gasteiger partial charge in [-0.25, -0.2) is 4.79 Å². The van der Waals surface area contributed by atoms with Crippen molar-refractivity contribution in [2.24, 2.45) is 0 Å². The number of carbonyl (C=O) groups excluding carboxylic acids is 1. The van der Waals surface area contributed by atoms with E-state index < -0.39 is 0 Å². The predicted molar refractivity (Wildman–Crippen MR) is 66.8 cm³/mol. The van der Waals surface area contributed by atoms with Crippen molar-refractivity contribution in [2.45, 2.75) is 6.92 Å². The lowest BCUT2D eigenvalue weighted by Crippen LogP contribution is -2.24. The van der Waals surface area contributed by atoms with Gasteiger partial charge in [0.1, 0.15) is 0 Å². The summed E-state index contributed by atoms with van der Waals surface area (Å²) in [6, 6.07) is 11.8. The number of amides is 2. The molecule has 2 rings (SSSR count). The van der Waals surface area contributed by atoms with E-state index in [0.29, 0.717) is 0 Å². The first-order valence-corrected chi connectivity index (χ1v) is 5.19. The smallest absolute Gasteiger partial charge is 0.318 e. The standard InChI is InChI=1S/C13H14N2O/c1-9-6-7-11-10(8-9)4-3-5-12(11)15-13(16)14-2/h3-8H,1-2H3,(H2,14,15,16). The second-order valence-corrected chi connectivity index (χ2v) is 3.73. The Morgan fingerprint density at radius 3 is 2.75 bits per heavy atom. The summed E-state index contributed by atoms with van der Waals surface area (Å²) in [7, 11) is 1.60. The highest BCUT2D eigenvalue weighted by Gasteiger charge is 2.03. The fourth-order valence-corrected chi connectivity index (χ4v) is 1.70. The van der Waals surface area contributed by atoms with Gasteiger partial charge in [-0.05, 0) is 18.4 Å². The Kier molecular flexibility index (Phi) is 2.77. The fraction of sp³-hybridized carbons (Fsp3) is 0.154. The highest BCUT2D eigenvalue weighted by atomic mass is 16.2. The molecule has 0 saturated heterocycles. The highest BCUT2D eigenvalue weighted by Crippen LogP contribution is 2.24. The molecule has 82 valence electrons. The lowest BCUT2D eigenvalue weighted by atomic mass is 10.1. The molecular weight excluding hydrogens is 200 g/mol. The van der Waals surface area contributed by atoms with Crippen LogP contribution in [0.2, 0.25) is 0 Å². The molecule has 0 aliphatic carbocycles. The van der Waals surface area contributed by atoms with E-state index in [2.05, 4.69) is 23.6 Å². The van der Waals surface area contributed by atoms with E-state index in [-0.39, 0.29) is 6.03 Å². The Morgan fingerprint density at radius 1 is 1.19 bits per heavy atom. The van der Waals surface area contributed by atoms with E-state index in [4.69, 9.17) is 0 Å². The quantitative estimate of drug-likeness (QED) is 0.753. The van der Waals surface area contributed by atoms with Gasteiger partial charge in [-0.15, -0.1) is 0 Å². The highest BCUT2D eigenvalue weighted by molar-refractivity contribution is 6.01. The van der Waals surface area contributed by atoms with Crippen LogP contribution in [0.3, 0.4) is 0 Å². The Bertz CT molecular complexity index is 534. The normalized spacial score (nSPS) is 10.1. The minimum atomic E-state index is -0.201. The molecule has 0 atom stereocenters. The number of nitrogens with one attached hydrogen (secondary N) is 2. The summed E-state index contributed by atoms with van der Waals surface area (Å²) in [5.41, 5.74) is 2.04. The van der Waals surface area contributed by atoms with E-state index in [1.807, 2.05) is 30.3 Å². The van der Waals surface area contributed by atoms with Gasteiger partial charge in [0.15, 0.2) is 0 Å². The number of rotatable bonds is 1. The van der Waals surface area contributed by atoms with Crippen LogP contribution in [0, 0.1) is 6.92 Å². The molecule has 0 aliphatic rings. The van der Waals surface area contributed by atoms with Crippen molar-refractivity contribution in [1.82, 2.24) is 5.32 Å². The number of carbonyl (C=O) groups is 1. The van der Waals surface area contributed by atoms with Crippen LogP contribution in [-0.4, -0.2) is 13.1 Å². The van der Waals surface area contributed by atoms with Crippen molar-refractivity contribution >= 4 is 22.5 Å². The molecule has 0 saturated carbocycles. The third-order valence-electron chi connectivity index (χ3n) is 2.51. The van der Waals surface area contributed by atoms with Crippen molar-refractivity contribution in [3.8, 4) is 0 Å². The summed E-state index contributed by atoms with van der Waals surface area (Å²) in [6.45, 7) is 2.05. The SMILES string of the molecule is CNC(=O)Nc1cccc2cc(C)ccc12. The molecule has 0 fully saturated rings. The Hall–Kier alpha value is -2.03. The molecule has 0 spiro atoms. The van der Waals surface area contributed by atoms with Crippen LogP contribution >= 0.6 is 0 Å². The summed E-state index contributed by atoms with van der Waals surface area (Å²) in [6.07, 6.45) is 0. The lowest BCUT2D eigenvalue weighted by molar-refractivity contribution is 0.254.